The Kier molecular flexibility index (Phi) is 3.80. The molecule has 1 atom stereocenters. The number of hydrogen-bond donors (Lipinski definition) is 0. The highest BCUT2D eigenvalue weighted by atomic mass is 16.6. The minimum Gasteiger partial charge on any atom is -0.370 e. The van der Waals surface area contributed by atoms with E-state index in [2.05, 4.69) is 11.1 Å². The smallest absolute Gasteiger partial charge is 0.277 e. The molecule has 0 spiro atoms. The maximum atomic E-state index is 11.1. The number of nitro benzene ring substituents is 1. The summed E-state index contributed by atoms with van der Waals surface area (Å²) in [5.74, 6) is 0. The summed E-state index contributed by atoms with van der Waals surface area (Å²) in [6.45, 7) is 1.94. The Labute approximate surface area is 116 Å². The number of rotatable bonds is 4. The summed E-state index contributed by atoms with van der Waals surface area (Å²) in [7, 11) is 1.87. The standard InChI is InChI=1S/C14H14N4O2/c1-10(5-7-15)17(2)13-3-4-14(18(19)20)11-6-8-16-9-12(11)13/h3-4,6,8-10H,5H2,1-2H3. The van der Waals surface area contributed by atoms with Gasteiger partial charge in [0.25, 0.3) is 5.69 Å². The van der Waals surface area contributed by atoms with Crippen LogP contribution in [0.5, 0.6) is 0 Å². The summed E-state index contributed by atoms with van der Waals surface area (Å²) in [6, 6.07) is 6.99. The van der Waals surface area contributed by atoms with Gasteiger partial charge in [0.1, 0.15) is 0 Å². The first-order chi connectivity index (χ1) is 9.56. The molecule has 2 rings (SSSR count). The van der Waals surface area contributed by atoms with Crippen LogP contribution >= 0.6 is 0 Å². The summed E-state index contributed by atoms with van der Waals surface area (Å²) >= 11 is 0. The van der Waals surface area contributed by atoms with E-state index in [1.807, 2.05) is 18.9 Å². The third-order valence-electron chi connectivity index (χ3n) is 3.40. The lowest BCUT2D eigenvalue weighted by atomic mass is 10.1. The van der Waals surface area contributed by atoms with Gasteiger partial charge < -0.3 is 4.90 Å². The van der Waals surface area contributed by atoms with Crippen LogP contribution in [0, 0.1) is 21.4 Å². The second-order valence-corrected chi connectivity index (χ2v) is 4.60. The molecule has 0 N–H and O–H groups in total. The van der Waals surface area contributed by atoms with Crippen LogP contribution in [-0.4, -0.2) is 23.0 Å². The predicted octanol–water partition coefficient (Wildman–Crippen LogP) is 2.88. The van der Waals surface area contributed by atoms with Gasteiger partial charge in [-0.2, -0.15) is 5.26 Å². The summed E-state index contributed by atoms with van der Waals surface area (Å²) in [5.41, 5.74) is 0.897. The zero-order valence-electron chi connectivity index (χ0n) is 11.3. The molecule has 6 heteroatoms. The van der Waals surface area contributed by atoms with Gasteiger partial charge in [-0.25, -0.2) is 0 Å². The second-order valence-electron chi connectivity index (χ2n) is 4.60. The molecule has 0 amide bonds. The molecule has 102 valence electrons. The Balaban J connectivity index is 2.59. The third kappa shape index (κ3) is 2.38. The van der Waals surface area contributed by atoms with E-state index in [0.29, 0.717) is 17.2 Å². The van der Waals surface area contributed by atoms with Gasteiger partial charge in [0, 0.05) is 42.6 Å². The molecule has 1 heterocycles. The van der Waals surface area contributed by atoms with E-state index in [1.165, 1.54) is 12.3 Å². The minimum absolute atomic E-state index is 0.0184. The van der Waals surface area contributed by atoms with E-state index < -0.39 is 4.92 Å². The molecule has 0 saturated heterocycles. The van der Waals surface area contributed by atoms with Gasteiger partial charge in [-0.1, -0.05) is 0 Å². The second kappa shape index (κ2) is 5.53. The van der Waals surface area contributed by atoms with Crippen molar-refractivity contribution in [3.63, 3.8) is 0 Å². The molecular formula is C14H14N4O2. The van der Waals surface area contributed by atoms with Crippen LogP contribution in [0.1, 0.15) is 13.3 Å². The number of nitrogens with zero attached hydrogens (tertiary/aromatic N) is 4. The number of pyridine rings is 1. The molecule has 0 aliphatic heterocycles. The third-order valence-corrected chi connectivity index (χ3v) is 3.40. The zero-order valence-corrected chi connectivity index (χ0v) is 11.3. The largest absolute Gasteiger partial charge is 0.370 e. The number of benzene rings is 1. The molecule has 6 nitrogen and oxygen atoms in total. The lowest BCUT2D eigenvalue weighted by Gasteiger charge is -2.26. The fourth-order valence-electron chi connectivity index (χ4n) is 2.13. The van der Waals surface area contributed by atoms with Crippen molar-refractivity contribution in [2.75, 3.05) is 11.9 Å². The molecular weight excluding hydrogens is 256 g/mol. The number of fused-ring (bicyclic) bond motifs is 1. The van der Waals surface area contributed by atoms with Crippen molar-refractivity contribution < 1.29 is 4.92 Å². The van der Waals surface area contributed by atoms with Crippen molar-refractivity contribution in [1.82, 2.24) is 4.98 Å². The van der Waals surface area contributed by atoms with E-state index in [4.69, 9.17) is 5.26 Å². The van der Waals surface area contributed by atoms with Crippen LogP contribution in [-0.2, 0) is 0 Å². The maximum Gasteiger partial charge on any atom is 0.277 e. The fourth-order valence-corrected chi connectivity index (χ4v) is 2.13. The van der Waals surface area contributed by atoms with Gasteiger partial charge in [-0.3, -0.25) is 15.1 Å². The number of hydrogen-bond acceptors (Lipinski definition) is 5. The number of nitro groups is 1. The van der Waals surface area contributed by atoms with Crippen LogP contribution in [0.3, 0.4) is 0 Å². The molecule has 0 radical (unpaired) electrons. The van der Waals surface area contributed by atoms with Crippen molar-refractivity contribution in [2.45, 2.75) is 19.4 Å². The average Bonchev–Trinajstić information content (AvgIpc) is 2.45. The lowest BCUT2D eigenvalue weighted by Crippen LogP contribution is -2.28. The van der Waals surface area contributed by atoms with E-state index in [-0.39, 0.29) is 11.7 Å². The Bertz CT molecular complexity index is 693. The highest BCUT2D eigenvalue weighted by Crippen LogP contribution is 2.33. The van der Waals surface area contributed by atoms with E-state index in [0.717, 1.165) is 5.69 Å². The number of nitriles is 1. The molecule has 1 aromatic heterocycles. The van der Waals surface area contributed by atoms with Gasteiger partial charge in [-0.05, 0) is 19.1 Å². The first-order valence-electron chi connectivity index (χ1n) is 6.17. The van der Waals surface area contributed by atoms with Crippen molar-refractivity contribution in [3.05, 3.63) is 40.7 Å². The SMILES string of the molecule is CC(CC#N)N(C)c1ccc([N+](=O)[O-])c2ccncc12. The Morgan fingerprint density at radius 1 is 1.45 bits per heavy atom. The quantitative estimate of drug-likeness (QED) is 0.630. The molecule has 1 aromatic carbocycles. The Morgan fingerprint density at radius 2 is 2.20 bits per heavy atom. The zero-order chi connectivity index (χ0) is 14.7. The lowest BCUT2D eigenvalue weighted by molar-refractivity contribution is -0.383. The van der Waals surface area contributed by atoms with Crippen LogP contribution in [0.4, 0.5) is 11.4 Å². The monoisotopic (exact) mass is 270 g/mol. The van der Waals surface area contributed by atoms with Gasteiger partial charge in [0.05, 0.1) is 22.8 Å². The first-order valence-corrected chi connectivity index (χ1v) is 6.17. The molecule has 0 fully saturated rings. The van der Waals surface area contributed by atoms with Gasteiger partial charge >= 0.3 is 0 Å². The van der Waals surface area contributed by atoms with Crippen molar-refractivity contribution >= 4 is 22.1 Å². The number of anilines is 1. The molecule has 2 aromatic rings. The molecule has 0 bridgehead atoms. The molecule has 0 aliphatic carbocycles. The van der Waals surface area contributed by atoms with E-state index in [1.54, 1.807) is 18.3 Å². The summed E-state index contributed by atoms with van der Waals surface area (Å²) < 4.78 is 0. The number of aromatic nitrogens is 1. The summed E-state index contributed by atoms with van der Waals surface area (Å²) in [5, 5.41) is 21.1. The molecule has 0 saturated carbocycles. The van der Waals surface area contributed by atoms with Crippen molar-refractivity contribution in [3.8, 4) is 6.07 Å². The Morgan fingerprint density at radius 3 is 2.85 bits per heavy atom. The molecule has 1 unspecified atom stereocenters. The fraction of sp³-hybridized carbons (Fsp3) is 0.286. The van der Waals surface area contributed by atoms with Gasteiger partial charge in [0.2, 0.25) is 0 Å². The van der Waals surface area contributed by atoms with Crippen LogP contribution in [0.15, 0.2) is 30.6 Å². The topological polar surface area (TPSA) is 83.1 Å². The van der Waals surface area contributed by atoms with Crippen LogP contribution in [0.25, 0.3) is 10.8 Å². The van der Waals surface area contributed by atoms with E-state index >= 15 is 0 Å². The highest BCUT2D eigenvalue weighted by molar-refractivity contribution is 5.99. The first kappa shape index (κ1) is 13.7. The predicted molar refractivity (Wildman–Crippen MR) is 76.5 cm³/mol. The molecule has 20 heavy (non-hydrogen) atoms. The highest BCUT2D eigenvalue weighted by Gasteiger charge is 2.18. The van der Waals surface area contributed by atoms with Gasteiger partial charge in [0.15, 0.2) is 0 Å². The summed E-state index contributed by atoms with van der Waals surface area (Å²) in [4.78, 5) is 16.7. The molecule has 0 aliphatic rings. The van der Waals surface area contributed by atoms with Crippen molar-refractivity contribution in [2.24, 2.45) is 0 Å². The normalized spacial score (nSPS) is 11.8. The average molecular weight is 270 g/mol. The maximum absolute atomic E-state index is 11.1. The summed E-state index contributed by atoms with van der Waals surface area (Å²) in [6.07, 6.45) is 3.54. The van der Waals surface area contributed by atoms with Crippen molar-refractivity contribution in [1.29, 1.82) is 5.26 Å². The minimum atomic E-state index is -0.398. The van der Waals surface area contributed by atoms with Gasteiger partial charge in [-0.15, -0.1) is 0 Å². The van der Waals surface area contributed by atoms with Crippen LogP contribution in [0.2, 0.25) is 0 Å². The van der Waals surface area contributed by atoms with E-state index in [9.17, 15) is 10.1 Å². The Hall–Kier alpha value is -2.68. The number of non-ortho nitro benzene ring substituents is 1. The van der Waals surface area contributed by atoms with Crippen LogP contribution < -0.4 is 4.90 Å².